The predicted octanol–water partition coefficient (Wildman–Crippen LogP) is 5.53. The zero-order valence-electron chi connectivity index (χ0n) is 17.9. The molecule has 158 valence electrons. The van der Waals surface area contributed by atoms with Gasteiger partial charge in [-0.25, -0.2) is 4.90 Å². The van der Waals surface area contributed by atoms with Crippen LogP contribution in [-0.4, -0.2) is 11.8 Å². The summed E-state index contributed by atoms with van der Waals surface area (Å²) in [6.07, 6.45) is 0. The van der Waals surface area contributed by atoms with Crippen LogP contribution in [0.1, 0.15) is 27.8 Å². The number of halogens is 1. The van der Waals surface area contributed by atoms with Crippen LogP contribution in [0.15, 0.2) is 66.4 Å². The lowest BCUT2D eigenvalue weighted by Gasteiger charge is -2.16. The molecule has 1 N–H and O–H groups in total. The van der Waals surface area contributed by atoms with E-state index >= 15 is 0 Å². The Morgan fingerprint density at radius 2 is 1.53 bits per heavy atom. The molecule has 1 heterocycles. The average molecular weight is 442 g/mol. The molecule has 0 saturated heterocycles. The number of carbonyl (C=O) groups is 2. The van der Waals surface area contributed by atoms with Gasteiger partial charge in [0, 0.05) is 10.7 Å². The van der Waals surface area contributed by atoms with Crippen molar-refractivity contribution in [2.45, 2.75) is 20.8 Å². The second-order valence-electron chi connectivity index (χ2n) is 7.74. The van der Waals surface area contributed by atoms with Crippen molar-refractivity contribution in [3.05, 3.63) is 99.2 Å². The van der Waals surface area contributed by atoms with E-state index in [-0.39, 0.29) is 5.70 Å². The zero-order chi connectivity index (χ0) is 23.0. The van der Waals surface area contributed by atoms with Crippen molar-refractivity contribution >= 4 is 40.4 Å². The summed E-state index contributed by atoms with van der Waals surface area (Å²) < 4.78 is 0. The quantitative estimate of drug-likeness (QED) is 0.540. The largest absolute Gasteiger partial charge is 0.350 e. The minimum absolute atomic E-state index is 0.188. The summed E-state index contributed by atoms with van der Waals surface area (Å²) in [5.74, 6) is -0.891. The molecule has 0 spiro atoms. The third-order valence-corrected chi connectivity index (χ3v) is 5.83. The Balaban J connectivity index is 1.86. The van der Waals surface area contributed by atoms with Crippen molar-refractivity contribution in [2.75, 3.05) is 10.2 Å². The summed E-state index contributed by atoms with van der Waals surface area (Å²) >= 11 is 6.17. The normalized spacial score (nSPS) is 13.5. The van der Waals surface area contributed by atoms with Crippen LogP contribution in [0, 0.1) is 32.1 Å². The Morgan fingerprint density at radius 3 is 2.19 bits per heavy atom. The number of nitrogens with zero attached hydrogens (tertiary/aromatic N) is 2. The lowest BCUT2D eigenvalue weighted by atomic mass is 9.99. The lowest BCUT2D eigenvalue weighted by Crippen LogP contribution is -2.32. The molecular formula is C26H20ClN3O2. The summed E-state index contributed by atoms with van der Waals surface area (Å²) in [5, 5.41) is 12.8. The second-order valence-corrected chi connectivity index (χ2v) is 8.17. The Labute approximate surface area is 191 Å². The molecule has 1 aliphatic rings. The van der Waals surface area contributed by atoms with Gasteiger partial charge in [0.15, 0.2) is 0 Å². The molecule has 4 rings (SSSR count). The van der Waals surface area contributed by atoms with E-state index in [1.165, 1.54) is 0 Å². The average Bonchev–Trinajstić information content (AvgIpc) is 3.02. The highest BCUT2D eigenvalue weighted by atomic mass is 35.5. The number of amides is 2. The molecule has 0 saturated carbocycles. The summed E-state index contributed by atoms with van der Waals surface area (Å²) in [6, 6.07) is 19.4. The zero-order valence-corrected chi connectivity index (χ0v) is 18.6. The maximum atomic E-state index is 13.5. The molecule has 3 aromatic rings. The molecular weight excluding hydrogens is 422 g/mol. The molecule has 5 nitrogen and oxygen atoms in total. The van der Waals surface area contributed by atoms with E-state index in [1.807, 2.05) is 51.1 Å². The fourth-order valence-corrected chi connectivity index (χ4v) is 3.77. The molecule has 0 atom stereocenters. The number of carbonyl (C=O) groups excluding carboxylic acids is 2. The van der Waals surface area contributed by atoms with E-state index in [0.29, 0.717) is 33.1 Å². The summed E-state index contributed by atoms with van der Waals surface area (Å²) in [4.78, 5) is 28.2. The van der Waals surface area contributed by atoms with E-state index < -0.39 is 11.8 Å². The van der Waals surface area contributed by atoms with Crippen molar-refractivity contribution < 1.29 is 9.59 Å². The Morgan fingerprint density at radius 1 is 0.844 bits per heavy atom. The van der Waals surface area contributed by atoms with E-state index in [9.17, 15) is 9.59 Å². The Hall–Kier alpha value is -3.88. The van der Waals surface area contributed by atoms with Gasteiger partial charge in [0.1, 0.15) is 5.70 Å². The number of aryl methyl sites for hydroxylation is 3. The standard InChI is InChI=1S/C26H20ClN3O2/c1-15-4-8-19(12-17(15)3)23-24(29-22-13-20(27)9-5-16(22)2)26(32)30(25(23)31)21-10-6-18(14-28)7-11-21/h4-13,29H,1-3H3. The molecule has 32 heavy (non-hydrogen) atoms. The molecule has 0 aliphatic carbocycles. The van der Waals surface area contributed by atoms with Gasteiger partial charge < -0.3 is 5.32 Å². The number of imide groups is 1. The van der Waals surface area contributed by atoms with E-state index in [1.54, 1.807) is 36.4 Å². The highest BCUT2D eigenvalue weighted by molar-refractivity contribution is 6.46. The van der Waals surface area contributed by atoms with Crippen LogP contribution in [-0.2, 0) is 9.59 Å². The van der Waals surface area contributed by atoms with Crippen molar-refractivity contribution in [2.24, 2.45) is 0 Å². The number of nitrogens with one attached hydrogen (secondary N) is 1. The number of benzene rings is 3. The molecule has 0 unspecified atom stereocenters. The van der Waals surface area contributed by atoms with Gasteiger partial charge in [0.05, 0.1) is 22.9 Å². The molecule has 1 aliphatic heterocycles. The van der Waals surface area contributed by atoms with E-state index in [4.69, 9.17) is 16.9 Å². The number of nitriles is 1. The monoisotopic (exact) mass is 441 g/mol. The predicted molar refractivity (Wildman–Crippen MR) is 126 cm³/mol. The summed E-state index contributed by atoms with van der Waals surface area (Å²) in [5.41, 5.74) is 5.64. The first-order valence-electron chi connectivity index (χ1n) is 10.0. The van der Waals surface area contributed by atoms with Gasteiger partial charge in [0.25, 0.3) is 11.8 Å². The third kappa shape index (κ3) is 3.77. The first kappa shape index (κ1) is 21.4. The van der Waals surface area contributed by atoms with Crippen LogP contribution in [0.4, 0.5) is 11.4 Å². The van der Waals surface area contributed by atoms with Gasteiger partial charge in [-0.05, 0) is 79.4 Å². The van der Waals surface area contributed by atoms with Crippen molar-refractivity contribution in [1.29, 1.82) is 5.26 Å². The Bertz CT molecular complexity index is 1330. The molecule has 6 heteroatoms. The molecule has 2 amide bonds. The van der Waals surface area contributed by atoms with Gasteiger partial charge in [-0.2, -0.15) is 5.26 Å². The van der Waals surface area contributed by atoms with Crippen LogP contribution in [0.25, 0.3) is 5.57 Å². The smallest absolute Gasteiger partial charge is 0.282 e. The minimum atomic E-state index is -0.465. The second kappa shape index (κ2) is 8.33. The third-order valence-electron chi connectivity index (χ3n) is 5.59. The Kier molecular flexibility index (Phi) is 5.56. The SMILES string of the molecule is Cc1ccc(C2=C(Nc3cc(Cl)ccc3C)C(=O)N(c3ccc(C#N)cc3)C2=O)cc1C. The maximum absolute atomic E-state index is 13.5. The van der Waals surface area contributed by atoms with Crippen molar-refractivity contribution in [3.63, 3.8) is 0 Å². The highest BCUT2D eigenvalue weighted by Gasteiger charge is 2.40. The first-order valence-corrected chi connectivity index (χ1v) is 10.4. The van der Waals surface area contributed by atoms with Crippen LogP contribution in [0.3, 0.4) is 0 Å². The number of rotatable bonds is 4. The van der Waals surface area contributed by atoms with Gasteiger partial charge >= 0.3 is 0 Å². The van der Waals surface area contributed by atoms with Crippen LogP contribution < -0.4 is 10.2 Å². The topological polar surface area (TPSA) is 73.2 Å². The number of hydrogen-bond acceptors (Lipinski definition) is 4. The lowest BCUT2D eigenvalue weighted by molar-refractivity contribution is -0.120. The summed E-state index contributed by atoms with van der Waals surface area (Å²) in [6.45, 7) is 5.86. The fourth-order valence-electron chi connectivity index (χ4n) is 3.59. The summed E-state index contributed by atoms with van der Waals surface area (Å²) in [7, 11) is 0. The fraction of sp³-hybridized carbons (Fsp3) is 0.115. The molecule has 0 radical (unpaired) electrons. The van der Waals surface area contributed by atoms with Crippen LogP contribution >= 0.6 is 11.6 Å². The van der Waals surface area contributed by atoms with E-state index in [0.717, 1.165) is 21.6 Å². The molecule has 0 bridgehead atoms. The van der Waals surface area contributed by atoms with Crippen molar-refractivity contribution in [1.82, 2.24) is 0 Å². The van der Waals surface area contributed by atoms with Gasteiger partial charge in [-0.3, -0.25) is 9.59 Å². The highest BCUT2D eigenvalue weighted by Crippen LogP contribution is 2.35. The first-order chi connectivity index (χ1) is 15.3. The van der Waals surface area contributed by atoms with Crippen molar-refractivity contribution in [3.8, 4) is 6.07 Å². The number of hydrogen-bond donors (Lipinski definition) is 1. The molecule has 0 fully saturated rings. The molecule has 3 aromatic carbocycles. The van der Waals surface area contributed by atoms with Crippen LogP contribution in [0.5, 0.6) is 0 Å². The van der Waals surface area contributed by atoms with E-state index in [2.05, 4.69) is 5.32 Å². The molecule has 0 aromatic heterocycles. The minimum Gasteiger partial charge on any atom is -0.350 e. The maximum Gasteiger partial charge on any atom is 0.282 e. The van der Waals surface area contributed by atoms with Gasteiger partial charge in [0.2, 0.25) is 0 Å². The number of anilines is 2. The van der Waals surface area contributed by atoms with Crippen LogP contribution in [0.2, 0.25) is 5.02 Å². The van der Waals surface area contributed by atoms with Gasteiger partial charge in [-0.15, -0.1) is 0 Å². The van der Waals surface area contributed by atoms with Gasteiger partial charge in [-0.1, -0.05) is 35.9 Å².